The molecule has 88 valence electrons. The smallest absolute Gasteiger partial charge is 0.129 e. The maximum atomic E-state index is 13.7. The summed E-state index contributed by atoms with van der Waals surface area (Å²) in [6.07, 6.45) is 2.97. The predicted molar refractivity (Wildman–Crippen MR) is 63.7 cm³/mol. The third kappa shape index (κ3) is 1.99. The van der Waals surface area contributed by atoms with Crippen LogP contribution in [0.4, 0.5) is 10.1 Å². The van der Waals surface area contributed by atoms with Gasteiger partial charge in [-0.2, -0.15) is 0 Å². The van der Waals surface area contributed by atoms with Gasteiger partial charge in [0.25, 0.3) is 0 Å². The molecule has 2 rings (SSSR count). The lowest BCUT2D eigenvalue weighted by molar-refractivity contribution is 0.0984. The summed E-state index contributed by atoms with van der Waals surface area (Å²) < 4.78 is 13.7. The van der Waals surface area contributed by atoms with Gasteiger partial charge in [0.1, 0.15) is 11.4 Å². The molecule has 0 bridgehead atoms. The summed E-state index contributed by atoms with van der Waals surface area (Å²) in [5.41, 5.74) is 5.23. The highest BCUT2D eigenvalue weighted by Gasteiger charge is 2.30. The first-order valence-corrected chi connectivity index (χ1v) is 5.21. The molecule has 1 aromatic heterocycles. The number of aliphatic hydroxyl groups is 1. The minimum Gasteiger partial charge on any atom is -0.398 e. The zero-order chi connectivity index (χ0) is 12.5. The minimum absolute atomic E-state index is 0.180. The molecule has 0 aliphatic carbocycles. The summed E-state index contributed by atoms with van der Waals surface area (Å²) in [6, 6.07) is 7.64. The quantitative estimate of drug-likeness (QED) is 0.833. The van der Waals surface area contributed by atoms with E-state index in [1.807, 2.05) is 0 Å². The number of hydrogen-bond donors (Lipinski definition) is 2. The molecule has 4 heteroatoms. The standard InChI is InChI=1S/C13H13FN2O/c1-13(17,9-4-2-3-5-11(9)14)10-8-16-7-6-12(10)15/h2-8,17H,1H3,(H2,15,16). The first-order valence-electron chi connectivity index (χ1n) is 5.21. The van der Waals surface area contributed by atoms with Crippen molar-refractivity contribution in [3.63, 3.8) is 0 Å². The van der Waals surface area contributed by atoms with Gasteiger partial charge in [-0.25, -0.2) is 4.39 Å². The minimum atomic E-state index is -1.50. The number of anilines is 1. The average molecular weight is 232 g/mol. The van der Waals surface area contributed by atoms with Crippen molar-refractivity contribution in [2.45, 2.75) is 12.5 Å². The fourth-order valence-corrected chi connectivity index (χ4v) is 1.81. The highest BCUT2D eigenvalue weighted by Crippen LogP contribution is 2.33. The molecule has 0 saturated heterocycles. The van der Waals surface area contributed by atoms with Crippen molar-refractivity contribution in [2.75, 3.05) is 5.73 Å². The average Bonchev–Trinajstić information content (AvgIpc) is 2.29. The Bertz CT molecular complexity index is 493. The van der Waals surface area contributed by atoms with Crippen molar-refractivity contribution in [1.29, 1.82) is 0 Å². The number of nitrogen functional groups attached to an aromatic ring is 1. The number of rotatable bonds is 2. The summed E-state index contributed by atoms with van der Waals surface area (Å²) in [4.78, 5) is 3.90. The molecule has 0 spiro atoms. The van der Waals surface area contributed by atoms with E-state index in [0.717, 1.165) is 0 Å². The number of pyridine rings is 1. The Morgan fingerprint density at radius 3 is 2.59 bits per heavy atom. The summed E-state index contributed by atoms with van der Waals surface area (Å²) in [5, 5.41) is 10.5. The van der Waals surface area contributed by atoms with Gasteiger partial charge in [0, 0.05) is 29.2 Å². The highest BCUT2D eigenvalue weighted by molar-refractivity contribution is 5.51. The maximum absolute atomic E-state index is 13.7. The molecule has 2 aromatic rings. The molecule has 17 heavy (non-hydrogen) atoms. The molecule has 0 amide bonds. The van der Waals surface area contributed by atoms with Crippen LogP contribution in [0, 0.1) is 5.82 Å². The molecule has 0 saturated carbocycles. The molecule has 3 N–H and O–H groups in total. The normalized spacial score (nSPS) is 14.3. The fraction of sp³-hybridized carbons (Fsp3) is 0.154. The molecular formula is C13H13FN2O. The second-order valence-electron chi connectivity index (χ2n) is 4.01. The molecule has 0 fully saturated rings. The SMILES string of the molecule is CC(O)(c1cnccc1N)c1ccccc1F. The molecule has 3 nitrogen and oxygen atoms in total. The van der Waals surface area contributed by atoms with Gasteiger partial charge in [-0.3, -0.25) is 4.98 Å². The molecule has 1 heterocycles. The Morgan fingerprint density at radius 1 is 1.24 bits per heavy atom. The van der Waals surface area contributed by atoms with Crippen LogP contribution in [-0.4, -0.2) is 10.1 Å². The van der Waals surface area contributed by atoms with Gasteiger partial charge in [-0.15, -0.1) is 0 Å². The Labute approximate surface area is 98.7 Å². The van der Waals surface area contributed by atoms with E-state index in [1.54, 1.807) is 18.2 Å². The molecule has 0 aliphatic rings. The van der Waals surface area contributed by atoms with E-state index < -0.39 is 11.4 Å². The van der Waals surface area contributed by atoms with Crippen LogP contribution in [0.15, 0.2) is 42.7 Å². The third-order valence-corrected chi connectivity index (χ3v) is 2.78. The number of nitrogens with two attached hydrogens (primary N) is 1. The molecule has 1 unspecified atom stereocenters. The van der Waals surface area contributed by atoms with Crippen LogP contribution in [0.2, 0.25) is 0 Å². The van der Waals surface area contributed by atoms with Crippen molar-refractivity contribution < 1.29 is 9.50 Å². The third-order valence-electron chi connectivity index (χ3n) is 2.78. The number of nitrogens with zero attached hydrogens (tertiary/aromatic N) is 1. The molecular weight excluding hydrogens is 219 g/mol. The Morgan fingerprint density at radius 2 is 1.94 bits per heavy atom. The Kier molecular flexibility index (Phi) is 2.81. The monoisotopic (exact) mass is 232 g/mol. The zero-order valence-corrected chi connectivity index (χ0v) is 9.39. The first kappa shape index (κ1) is 11.5. The van der Waals surface area contributed by atoms with Crippen LogP contribution >= 0.6 is 0 Å². The summed E-state index contributed by atoms with van der Waals surface area (Å²) in [6.45, 7) is 1.50. The van der Waals surface area contributed by atoms with Crippen molar-refractivity contribution in [1.82, 2.24) is 4.98 Å². The lowest BCUT2D eigenvalue weighted by Crippen LogP contribution is -2.25. The molecule has 0 radical (unpaired) electrons. The number of aromatic nitrogens is 1. The van der Waals surface area contributed by atoms with E-state index in [2.05, 4.69) is 4.98 Å². The van der Waals surface area contributed by atoms with E-state index in [0.29, 0.717) is 11.3 Å². The van der Waals surface area contributed by atoms with E-state index in [-0.39, 0.29) is 5.56 Å². The number of halogens is 1. The highest BCUT2D eigenvalue weighted by atomic mass is 19.1. The van der Waals surface area contributed by atoms with Gasteiger partial charge in [0.2, 0.25) is 0 Å². The summed E-state index contributed by atoms with van der Waals surface area (Å²) >= 11 is 0. The molecule has 0 aliphatic heterocycles. The van der Waals surface area contributed by atoms with Crippen LogP contribution in [0.25, 0.3) is 0 Å². The van der Waals surface area contributed by atoms with Crippen molar-refractivity contribution in [3.8, 4) is 0 Å². The van der Waals surface area contributed by atoms with Crippen LogP contribution in [0.3, 0.4) is 0 Å². The fourth-order valence-electron chi connectivity index (χ4n) is 1.81. The van der Waals surface area contributed by atoms with E-state index in [9.17, 15) is 9.50 Å². The van der Waals surface area contributed by atoms with Crippen LogP contribution in [-0.2, 0) is 5.60 Å². The van der Waals surface area contributed by atoms with Gasteiger partial charge in [0.15, 0.2) is 0 Å². The van der Waals surface area contributed by atoms with Crippen LogP contribution in [0.1, 0.15) is 18.1 Å². The van der Waals surface area contributed by atoms with Gasteiger partial charge in [0.05, 0.1) is 0 Å². The van der Waals surface area contributed by atoms with E-state index >= 15 is 0 Å². The zero-order valence-electron chi connectivity index (χ0n) is 9.39. The lowest BCUT2D eigenvalue weighted by Gasteiger charge is -2.25. The maximum Gasteiger partial charge on any atom is 0.129 e. The largest absolute Gasteiger partial charge is 0.398 e. The van der Waals surface area contributed by atoms with Crippen LogP contribution in [0.5, 0.6) is 0 Å². The van der Waals surface area contributed by atoms with Gasteiger partial charge < -0.3 is 10.8 Å². The Balaban J connectivity index is 2.58. The van der Waals surface area contributed by atoms with Crippen molar-refractivity contribution in [3.05, 3.63) is 59.7 Å². The second kappa shape index (κ2) is 4.14. The Hall–Kier alpha value is -1.94. The predicted octanol–water partition coefficient (Wildman–Crippen LogP) is 2.06. The van der Waals surface area contributed by atoms with Gasteiger partial charge >= 0.3 is 0 Å². The van der Waals surface area contributed by atoms with Gasteiger partial charge in [-0.05, 0) is 19.1 Å². The summed E-state index contributed by atoms with van der Waals surface area (Å²) in [5.74, 6) is -0.472. The lowest BCUT2D eigenvalue weighted by atomic mass is 9.88. The topological polar surface area (TPSA) is 59.1 Å². The first-order chi connectivity index (χ1) is 8.03. The van der Waals surface area contributed by atoms with Crippen LogP contribution < -0.4 is 5.73 Å². The second-order valence-corrected chi connectivity index (χ2v) is 4.01. The number of hydrogen-bond acceptors (Lipinski definition) is 3. The number of benzene rings is 1. The molecule has 1 aromatic carbocycles. The van der Waals surface area contributed by atoms with Crippen molar-refractivity contribution in [2.24, 2.45) is 0 Å². The summed E-state index contributed by atoms with van der Waals surface area (Å²) in [7, 11) is 0. The van der Waals surface area contributed by atoms with E-state index in [4.69, 9.17) is 5.73 Å². The molecule has 1 atom stereocenters. The van der Waals surface area contributed by atoms with Gasteiger partial charge in [-0.1, -0.05) is 18.2 Å². The van der Waals surface area contributed by atoms with Crippen molar-refractivity contribution >= 4 is 5.69 Å². The van der Waals surface area contributed by atoms with E-state index in [1.165, 1.54) is 31.5 Å².